The summed E-state index contributed by atoms with van der Waals surface area (Å²) >= 11 is 0. The van der Waals surface area contributed by atoms with Gasteiger partial charge in [0, 0.05) is 19.1 Å². The van der Waals surface area contributed by atoms with E-state index in [0.717, 1.165) is 56.3 Å². The molecule has 0 aliphatic carbocycles. The number of hydrogen-bond acceptors (Lipinski definition) is 3. The van der Waals surface area contributed by atoms with Crippen molar-refractivity contribution < 1.29 is 18.7 Å². The lowest BCUT2D eigenvalue weighted by atomic mass is 9.87. The molecule has 2 heterocycles. The zero-order chi connectivity index (χ0) is 21.8. The van der Waals surface area contributed by atoms with Crippen molar-refractivity contribution >= 4 is 11.6 Å². The first kappa shape index (κ1) is 21.9. The predicted molar refractivity (Wildman–Crippen MR) is 117 cm³/mol. The van der Waals surface area contributed by atoms with Gasteiger partial charge in [0.2, 0.25) is 5.91 Å². The second-order valence-corrected chi connectivity index (χ2v) is 8.73. The van der Waals surface area contributed by atoms with E-state index in [1.165, 1.54) is 24.3 Å². The molecule has 2 aromatic rings. The Labute approximate surface area is 182 Å². The smallest absolute Gasteiger partial charge is 0.241 e. The van der Waals surface area contributed by atoms with Crippen LogP contribution in [0.2, 0.25) is 0 Å². The molecule has 1 unspecified atom stereocenters. The molecule has 0 spiro atoms. The summed E-state index contributed by atoms with van der Waals surface area (Å²) in [7, 11) is 0. The van der Waals surface area contributed by atoms with Crippen molar-refractivity contribution in [3.05, 3.63) is 65.2 Å². The summed E-state index contributed by atoms with van der Waals surface area (Å²) in [5.41, 5.74) is 2.53. The number of carbonyl (C=O) groups excluding carboxylic acids is 1. The molecule has 0 bridgehead atoms. The molecule has 4 nitrogen and oxygen atoms in total. The van der Waals surface area contributed by atoms with Gasteiger partial charge in [0.05, 0.1) is 12.2 Å². The molecule has 1 amide bonds. The van der Waals surface area contributed by atoms with Gasteiger partial charge in [-0.05, 0) is 86.5 Å². The Morgan fingerprint density at radius 3 is 2.39 bits per heavy atom. The van der Waals surface area contributed by atoms with Crippen molar-refractivity contribution in [2.75, 3.05) is 37.7 Å². The summed E-state index contributed by atoms with van der Waals surface area (Å²) in [5, 5.41) is 9.14. The van der Waals surface area contributed by atoms with Gasteiger partial charge in [-0.3, -0.25) is 9.69 Å². The number of halogens is 2. The molecule has 166 valence electrons. The van der Waals surface area contributed by atoms with Gasteiger partial charge in [-0.15, -0.1) is 0 Å². The molecule has 0 saturated carbocycles. The molecular formula is C25H30F2N2O2. The van der Waals surface area contributed by atoms with E-state index >= 15 is 0 Å². The lowest BCUT2D eigenvalue weighted by molar-refractivity contribution is -0.120. The third kappa shape index (κ3) is 5.13. The quantitative estimate of drug-likeness (QED) is 0.772. The van der Waals surface area contributed by atoms with Crippen molar-refractivity contribution in [2.45, 2.75) is 38.0 Å². The SMILES string of the molecule is O=C(CN1CCC(CCO)CC1)N1CCCC(c2ccc(F)cc2)c2ccc(F)cc21. The largest absolute Gasteiger partial charge is 0.396 e. The van der Waals surface area contributed by atoms with Gasteiger partial charge in [0.15, 0.2) is 0 Å². The van der Waals surface area contributed by atoms with Crippen LogP contribution in [0, 0.1) is 17.6 Å². The summed E-state index contributed by atoms with van der Waals surface area (Å²) < 4.78 is 27.6. The molecule has 2 aliphatic rings. The van der Waals surface area contributed by atoms with Crippen LogP contribution in [0.3, 0.4) is 0 Å². The maximum absolute atomic E-state index is 14.2. The predicted octanol–water partition coefficient (Wildman–Crippen LogP) is 4.32. The number of piperidine rings is 1. The minimum atomic E-state index is -0.360. The number of anilines is 1. The summed E-state index contributed by atoms with van der Waals surface area (Å²) in [6.07, 6.45) is 4.42. The highest BCUT2D eigenvalue weighted by Gasteiger charge is 2.29. The molecular weight excluding hydrogens is 398 g/mol. The van der Waals surface area contributed by atoms with E-state index in [2.05, 4.69) is 4.90 Å². The Balaban J connectivity index is 1.54. The molecule has 2 aromatic carbocycles. The van der Waals surface area contributed by atoms with E-state index < -0.39 is 0 Å². The van der Waals surface area contributed by atoms with Crippen molar-refractivity contribution in [3.8, 4) is 0 Å². The van der Waals surface area contributed by atoms with Crippen LogP contribution in [-0.4, -0.2) is 48.7 Å². The molecule has 1 fully saturated rings. The standard InChI is InChI=1S/C25H30F2N2O2/c26-20-5-3-19(4-6-20)22-2-1-12-29(24-16-21(27)7-8-23(22)24)25(31)17-28-13-9-18(10-14-28)11-15-30/h3-8,16,18,22,30H,1-2,9-15,17H2. The number of aliphatic hydroxyl groups is 1. The van der Waals surface area contributed by atoms with Crippen LogP contribution in [0.25, 0.3) is 0 Å². The summed E-state index contributed by atoms with van der Waals surface area (Å²) in [4.78, 5) is 17.2. The molecule has 1 atom stereocenters. The first-order chi connectivity index (χ1) is 15.0. The Kier molecular flexibility index (Phi) is 6.98. The van der Waals surface area contributed by atoms with Crippen molar-refractivity contribution in [2.24, 2.45) is 5.92 Å². The normalized spacial score (nSPS) is 20.4. The molecule has 2 aliphatic heterocycles. The maximum atomic E-state index is 14.2. The van der Waals surface area contributed by atoms with Crippen LogP contribution in [-0.2, 0) is 4.79 Å². The average molecular weight is 429 g/mol. The van der Waals surface area contributed by atoms with Crippen molar-refractivity contribution in [1.82, 2.24) is 4.90 Å². The van der Waals surface area contributed by atoms with Crippen LogP contribution >= 0.6 is 0 Å². The Morgan fingerprint density at radius 1 is 0.968 bits per heavy atom. The maximum Gasteiger partial charge on any atom is 0.241 e. The minimum absolute atomic E-state index is 0.00299. The zero-order valence-electron chi connectivity index (χ0n) is 17.8. The molecule has 1 saturated heterocycles. The number of aliphatic hydroxyl groups excluding tert-OH is 1. The number of rotatable bonds is 5. The van der Waals surface area contributed by atoms with Gasteiger partial charge in [0.1, 0.15) is 11.6 Å². The highest BCUT2D eigenvalue weighted by Crippen LogP contribution is 2.39. The number of amides is 1. The lowest BCUT2D eigenvalue weighted by Crippen LogP contribution is -2.44. The van der Waals surface area contributed by atoms with Gasteiger partial charge < -0.3 is 10.0 Å². The number of hydrogen-bond donors (Lipinski definition) is 1. The summed E-state index contributed by atoms with van der Waals surface area (Å²) in [6.45, 7) is 2.78. The molecule has 4 rings (SSSR count). The van der Waals surface area contributed by atoms with Gasteiger partial charge in [-0.2, -0.15) is 0 Å². The first-order valence-corrected chi connectivity index (χ1v) is 11.2. The van der Waals surface area contributed by atoms with Crippen molar-refractivity contribution in [3.63, 3.8) is 0 Å². The van der Waals surface area contributed by atoms with E-state index in [0.29, 0.717) is 24.7 Å². The third-order valence-electron chi connectivity index (χ3n) is 6.71. The Bertz CT molecular complexity index is 895. The Hall–Kier alpha value is -2.31. The van der Waals surface area contributed by atoms with Gasteiger partial charge >= 0.3 is 0 Å². The van der Waals surface area contributed by atoms with Crippen LogP contribution in [0.1, 0.15) is 49.1 Å². The number of fused-ring (bicyclic) bond motifs is 1. The molecule has 31 heavy (non-hydrogen) atoms. The van der Waals surface area contributed by atoms with Crippen molar-refractivity contribution in [1.29, 1.82) is 0 Å². The van der Waals surface area contributed by atoms with Gasteiger partial charge in [-0.1, -0.05) is 18.2 Å². The number of carbonyl (C=O) groups is 1. The molecule has 0 radical (unpaired) electrons. The van der Waals surface area contributed by atoms with Gasteiger partial charge in [0.25, 0.3) is 0 Å². The highest BCUT2D eigenvalue weighted by atomic mass is 19.1. The third-order valence-corrected chi connectivity index (χ3v) is 6.71. The fourth-order valence-corrected chi connectivity index (χ4v) is 4.97. The van der Waals surface area contributed by atoms with Crippen LogP contribution < -0.4 is 4.90 Å². The number of likely N-dealkylation sites (tertiary alicyclic amines) is 1. The first-order valence-electron chi connectivity index (χ1n) is 11.2. The minimum Gasteiger partial charge on any atom is -0.396 e. The molecule has 0 aromatic heterocycles. The fraction of sp³-hybridized carbons (Fsp3) is 0.480. The van der Waals surface area contributed by atoms with Crippen LogP contribution in [0.15, 0.2) is 42.5 Å². The van der Waals surface area contributed by atoms with Crippen LogP contribution in [0.5, 0.6) is 0 Å². The second kappa shape index (κ2) is 9.88. The topological polar surface area (TPSA) is 43.8 Å². The van der Waals surface area contributed by atoms with Crippen LogP contribution in [0.4, 0.5) is 14.5 Å². The number of nitrogens with zero attached hydrogens (tertiary/aromatic N) is 2. The highest BCUT2D eigenvalue weighted by molar-refractivity contribution is 5.96. The van der Waals surface area contributed by atoms with E-state index in [9.17, 15) is 13.6 Å². The average Bonchev–Trinajstić information content (AvgIpc) is 2.95. The van der Waals surface area contributed by atoms with E-state index in [1.54, 1.807) is 23.1 Å². The molecule has 1 N–H and O–H groups in total. The Morgan fingerprint density at radius 2 is 1.68 bits per heavy atom. The van der Waals surface area contributed by atoms with Gasteiger partial charge in [-0.25, -0.2) is 8.78 Å². The number of benzene rings is 2. The summed E-state index contributed by atoms with van der Waals surface area (Å²) in [6, 6.07) is 11.1. The van der Waals surface area contributed by atoms with E-state index in [1.807, 2.05) is 0 Å². The van der Waals surface area contributed by atoms with E-state index in [-0.39, 0.29) is 30.1 Å². The zero-order valence-corrected chi connectivity index (χ0v) is 17.8. The lowest BCUT2D eigenvalue weighted by Gasteiger charge is -2.33. The monoisotopic (exact) mass is 428 g/mol. The van der Waals surface area contributed by atoms with E-state index in [4.69, 9.17) is 5.11 Å². The molecule has 6 heteroatoms. The summed E-state index contributed by atoms with van der Waals surface area (Å²) in [5.74, 6) is -0.117. The second-order valence-electron chi connectivity index (χ2n) is 8.73. The fourth-order valence-electron chi connectivity index (χ4n) is 4.97.